The van der Waals surface area contributed by atoms with E-state index in [0.29, 0.717) is 22.9 Å². The summed E-state index contributed by atoms with van der Waals surface area (Å²) < 4.78 is 4.88. The maximum absolute atomic E-state index is 11.5. The first-order valence-corrected chi connectivity index (χ1v) is 5.59. The molecule has 0 aliphatic carbocycles. The van der Waals surface area contributed by atoms with E-state index in [4.69, 9.17) is 16.3 Å². The third-order valence-corrected chi connectivity index (χ3v) is 2.20. The van der Waals surface area contributed by atoms with Crippen LogP contribution in [0.25, 0.3) is 0 Å². The average Bonchev–Trinajstić information content (AvgIpc) is 2.26. The van der Waals surface area contributed by atoms with E-state index in [1.54, 1.807) is 31.5 Å². The maximum Gasteiger partial charge on any atom is 0.339 e. The third kappa shape index (κ3) is 4.07. The van der Waals surface area contributed by atoms with Gasteiger partial charge in [-0.2, -0.15) is 0 Å². The number of aliphatic imine (C=N–C) groups is 1. The zero-order valence-corrected chi connectivity index (χ0v) is 10.9. The Kier molecular flexibility index (Phi) is 4.97. The molecule has 17 heavy (non-hydrogen) atoms. The van der Waals surface area contributed by atoms with Crippen LogP contribution >= 0.6 is 11.6 Å². The van der Waals surface area contributed by atoms with E-state index in [1.807, 2.05) is 19.0 Å². The summed E-state index contributed by atoms with van der Waals surface area (Å²) in [5.74, 6) is -0.416. The van der Waals surface area contributed by atoms with Crippen molar-refractivity contribution < 1.29 is 9.53 Å². The van der Waals surface area contributed by atoms with Crippen molar-refractivity contribution in [3.8, 4) is 0 Å². The Balaban J connectivity index is 2.90. The Bertz CT molecular complexity index is 431. The van der Waals surface area contributed by atoms with Gasteiger partial charge in [-0.1, -0.05) is 11.6 Å². The van der Waals surface area contributed by atoms with Crippen molar-refractivity contribution in [3.05, 3.63) is 28.8 Å². The van der Waals surface area contributed by atoms with Crippen molar-refractivity contribution in [2.45, 2.75) is 6.92 Å². The van der Waals surface area contributed by atoms with Crippen molar-refractivity contribution in [3.63, 3.8) is 0 Å². The summed E-state index contributed by atoms with van der Waals surface area (Å²) in [6.07, 6.45) is 1.66. The molecule has 0 radical (unpaired) electrons. The zero-order valence-electron chi connectivity index (χ0n) is 10.1. The lowest BCUT2D eigenvalue weighted by Gasteiger charge is -2.05. The standard InChI is InChI=1S/C12H15ClN2O2/c1-4-17-12(16)10-6-5-9(7-11(10)13)14-8-15(2)3/h5-8H,4H2,1-3H3. The first kappa shape index (κ1) is 13.5. The van der Waals surface area contributed by atoms with Gasteiger partial charge in [0.15, 0.2) is 0 Å². The second kappa shape index (κ2) is 6.25. The molecule has 5 heteroatoms. The molecule has 1 aromatic rings. The molecule has 0 saturated heterocycles. The van der Waals surface area contributed by atoms with Crippen LogP contribution in [0.4, 0.5) is 5.69 Å². The fraction of sp³-hybridized carbons (Fsp3) is 0.333. The van der Waals surface area contributed by atoms with Crippen molar-refractivity contribution in [1.29, 1.82) is 0 Å². The lowest BCUT2D eigenvalue weighted by atomic mass is 10.2. The molecule has 0 unspecified atom stereocenters. The largest absolute Gasteiger partial charge is 0.462 e. The van der Waals surface area contributed by atoms with E-state index in [1.165, 1.54) is 0 Å². The molecule has 0 aliphatic rings. The fourth-order valence-corrected chi connectivity index (χ4v) is 1.39. The van der Waals surface area contributed by atoms with Gasteiger partial charge in [-0.15, -0.1) is 0 Å². The van der Waals surface area contributed by atoms with Gasteiger partial charge in [0.1, 0.15) is 0 Å². The number of nitrogens with zero attached hydrogens (tertiary/aromatic N) is 2. The highest BCUT2D eigenvalue weighted by molar-refractivity contribution is 6.33. The molecular formula is C12H15ClN2O2. The van der Waals surface area contributed by atoms with Crippen molar-refractivity contribution in [2.24, 2.45) is 4.99 Å². The molecule has 0 aromatic heterocycles. The van der Waals surface area contributed by atoms with Gasteiger partial charge < -0.3 is 9.64 Å². The van der Waals surface area contributed by atoms with Gasteiger partial charge in [0, 0.05) is 14.1 Å². The molecule has 92 valence electrons. The van der Waals surface area contributed by atoms with Crippen LogP contribution in [0.15, 0.2) is 23.2 Å². The van der Waals surface area contributed by atoms with E-state index in [2.05, 4.69) is 4.99 Å². The molecule has 0 atom stereocenters. The minimum Gasteiger partial charge on any atom is -0.462 e. The van der Waals surface area contributed by atoms with E-state index in [0.717, 1.165) is 0 Å². The van der Waals surface area contributed by atoms with E-state index in [9.17, 15) is 4.79 Å². The summed E-state index contributed by atoms with van der Waals surface area (Å²) in [7, 11) is 3.75. The van der Waals surface area contributed by atoms with Crippen LogP contribution in [0.1, 0.15) is 17.3 Å². The van der Waals surface area contributed by atoms with E-state index < -0.39 is 5.97 Å². The van der Waals surface area contributed by atoms with Crippen molar-refractivity contribution in [1.82, 2.24) is 4.90 Å². The molecule has 0 bridgehead atoms. The second-order valence-corrected chi connectivity index (χ2v) is 4.00. The Labute approximate surface area is 106 Å². The van der Waals surface area contributed by atoms with Gasteiger partial charge in [-0.25, -0.2) is 9.79 Å². The predicted octanol–water partition coefficient (Wildman–Crippen LogP) is 2.74. The number of hydrogen-bond donors (Lipinski definition) is 0. The summed E-state index contributed by atoms with van der Waals surface area (Å²) in [5.41, 5.74) is 1.05. The van der Waals surface area contributed by atoms with E-state index >= 15 is 0 Å². The monoisotopic (exact) mass is 254 g/mol. The number of carbonyl (C=O) groups excluding carboxylic acids is 1. The summed E-state index contributed by atoms with van der Waals surface area (Å²) in [6.45, 7) is 2.08. The summed E-state index contributed by atoms with van der Waals surface area (Å²) >= 11 is 5.99. The van der Waals surface area contributed by atoms with Crippen LogP contribution in [0.3, 0.4) is 0 Å². The van der Waals surface area contributed by atoms with Crippen LogP contribution in [-0.4, -0.2) is 37.9 Å². The predicted molar refractivity (Wildman–Crippen MR) is 69.2 cm³/mol. The van der Waals surface area contributed by atoms with Gasteiger partial charge in [0.25, 0.3) is 0 Å². The van der Waals surface area contributed by atoms with Crippen LogP contribution in [0.5, 0.6) is 0 Å². The fourth-order valence-electron chi connectivity index (χ4n) is 1.14. The van der Waals surface area contributed by atoms with Crippen LogP contribution in [0.2, 0.25) is 5.02 Å². The molecule has 1 aromatic carbocycles. The lowest BCUT2D eigenvalue weighted by molar-refractivity contribution is 0.0526. The molecule has 1 rings (SSSR count). The zero-order chi connectivity index (χ0) is 12.8. The molecule has 0 heterocycles. The van der Waals surface area contributed by atoms with Gasteiger partial charge in [0.2, 0.25) is 0 Å². The van der Waals surface area contributed by atoms with E-state index in [-0.39, 0.29) is 0 Å². The highest BCUT2D eigenvalue weighted by atomic mass is 35.5. The van der Waals surface area contributed by atoms with Gasteiger partial charge in [-0.3, -0.25) is 0 Å². The first-order valence-electron chi connectivity index (χ1n) is 5.22. The van der Waals surface area contributed by atoms with Crippen LogP contribution in [-0.2, 0) is 4.74 Å². The minimum absolute atomic E-state index is 0.329. The number of esters is 1. The third-order valence-electron chi connectivity index (χ3n) is 1.89. The number of ether oxygens (including phenoxy) is 1. The van der Waals surface area contributed by atoms with Crippen molar-refractivity contribution >= 4 is 29.6 Å². The minimum atomic E-state index is -0.416. The molecular weight excluding hydrogens is 240 g/mol. The topological polar surface area (TPSA) is 41.9 Å². The number of rotatable bonds is 4. The number of hydrogen-bond acceptors (Lipinski definition) is 3. The Morgan fingerprint density at radius 2 is 2.24 bits per heavy atom. The molecule has 0 amide bonds. The van der Waals surface area contributed by atoms with Crippen molar-refractivity contribution in [2.75, 3.05) is 20.7 Å². The highest BCUT2D eigenvalue weighted by Crippen LogP contribution is 2.23. The Morgan fingerprint density at radius 1 is 1.53 bits per heavy atom. The maximum atomic E-state index is 11.5. The summed E-state index contributed by atoms with van der Waals surface area (Å²) in [6, 6.07) is 4.97. The molecule has 0 fully saturated rings. The molecule has 0 spiro atoms. The Morgan fingerprint density at radius 3 is 2.76 bits per heavy atom. The Hall–Kier alpha value is -1.55. The number of benzene rings is 1. The molecule has 4 nitrogen and oxygen atoms in total. The smallest absolute Gasteiger partial charge is 0.339 e. The average molecular weight is 255 g/mol. The normalized spacial score (nSPS) is 10.6. The lowest BCUT2D eigenvalue weighted by Crippen LogP contribution is -2.07. The van der Waals surface area contributed by atoms with Gasteiger partial charge in [0.05, 0.1) is 29.2 Å². The SMILES string of the molecule is CCOC(=O)c1ccc(N=CN(C)C)cc1Cl. The molecule has 0 aliphatic heterocycles. The van der Waals surface area contributed by atoms with Gasteiger partial charge in [-0.05, 0) is 25.1 Å². The van der Waals surface area contributed by atoms with Gasteiger partial charge >= 0.3 is 5.97 Å². The summed E-state index contributed by atoms with van der Waals surface area (Å²) in [4.78, 5) is 17.5. The highest BCUT2D eigenvalue weighted by Gasteiger charge is 2.11. The van der Waals surface area contributed by atoms with Crippen LogP contribution < -0.4 is 0 Å². The molecule has 0 saturated carbocycles. The number of carbonyl (C=O) groups is 1. The first-order chi connectivity index (χ1) is 8.04. The second-order valence-electron chi connectivity index (χ2n) is 3.59. The molecule has 0 N–H and O–H groups in total. The summed E-state index contributed by atoms with van der Waals surface area (Å²) in [5, 5.41) is 0.344. The number of halogens is 1. The van der Waals surface area contributed by atoms with Crippen LogP contribution in [0, 0.1) is 0 Å². The quantitative estimate of drug-likeness (QED) is 0.471.